The van der Waals surface area contributed by atoms with Crippen LogP contribution in [0.5, 0.6) is 0 Å². The molecule has 0 aliphatic rings. The summed E-state index contributed by atoms with van der Waals surface area (Å²) >= 11 is 3.43. The SMILES string of the molecule is Cc1nc(=O)n(CC#Cc2ccccc2)c(C)c1Br. The quantitative estimate of drug-likeness (QED) is 0.758. The molecular formula is C15H13BrN2O. The van der Waals surface area contributed by atoms with Crippen molar-refractivity contribution in [1.29, 1.82) is 0 Å². The molecule has 0 radical (unpaired) electrons. The third kappa shape index (κ3) is 3.12. The van der Waals surface area contributed by atoms with Gasteiger partial charge in [0.25, 0.3) is 0 Å². The summed E-state index contributed by atoms with van der Waals surface area (Å²) < 4.78 is 2.42. The maximum Gasteiger partial charge on any atom is 0.348 e. The largest absolute Gasteiger partial charge is 0.348 e. The van der Waals surface area contributed by atoms with Gasteiger partial charge in [0.2, 0.25) is 0 Å². The van der Waals surface area contributed by atoms with E-state index in [4.69, 9.17) is 0 Å². The Balaban J connectivity index is 2.29. The first-order valence-corrected chi connectivity index (χ1v) is 6.66. The van der Waals surface area contributed by atoms with Crippen LogP contribution in [0.3, 0.4) is 0 Å². The van der Waals surface area contributed by atoms with E-state index in [1.54, 1.807) is 11.5 Å². The molecule has 0 unspecified atom stereocenters. The second-order valence-corrected chi connectivity index (χ2v) is 4.93. The van der Waals surface area contributed by atoms with Gasteiger partial charge in [-0.2, -0.15) is 4.98 Å². The van der Waals surface area contributed by atoms with E-state index in [9.17, 15) is 4.79 Å². The highest BCUT2D eigenvalue weighted by atomic mass is 79.9. The number of aromatic nitrogens is 2. The average Bonchev–Trinajstić information content (AvgIpc) is 2.41. The second kappa shape index (κ2) is 5.85. The van der Waals surface area contributed by atoms with Crippen LogP contribution in [-0.4, -0.2) is 9.55 Å². The van der Waals surface area contributed by atoms with Gasteiger partial charge in [0.15, 0.2) is 0 Å². The van der Waals surface area contributed by atoms with Crippen LogP contribution in [0.4, 0.5) is 0 Å². The minimum Gasteiger partial charge on any atom is -0.284 e. The molecule has 0 saturated carbocycles. The van der Waals surface area contributed by atoms with E-state index >= 15 is 0 Å². The fourth-order valence-electron chi connectivity index (χ4n) is 1.71. The van der Waals surface area contributed by atoms with Crippen molar-refractivity contribution >= 4 is 15.9 Å². The van der Waals surface area contributed by atoms with Crippen LogP contribution in [0.2, 0.25) is 0 Å². The van der Waals surface area contributed by atoms with Gasteiger partial charge in [-0.25, -0.2) is 4.79 Å². The lowest BCUT2D eigenvalue weighted by atomic mass is 10.2. The lowest BCUT2D eigenvalue weighted by Gasteiger charge is -2.08. The summed E-state index contributed by atoms with van der Waals surface area (Å²) in [5.41, 5.74) is 2.22. The standard InChI is InChI=1S/C15H13BrN2O/c1-11-14(16)12(2)18(15(19)17-11)10-6-9-13-7-4-3-5-8-13/h3-5,7-8H,10H2,1-2H3. The number of hydrogen-bond donors (Lipinski definition) is 0. The zero-order valence-electron chi connectivity index (χ0n) is 10.8. The summed E-state index contributed by atoms with van der Waals surface area (Å²) in [6, 6.07) is 9.69. The van der Waals surface area contributed by atoms with Gasteiger partial charge in [0.1, 0.15) is 0 Å². The first-order chi connectivity index (χ1) is 9.09. The molecule has 0 bridgehead atoms. The van der Waals surface area contributed by atoms with E-state index in [-0.39, 0.29) is 5.69 Å². The molecule has 0 atom stereocenters. The van der Waals surface area contributed by atoms with Crippen molar-refractivity contribution in [2.45, 2.75) is 20.4 Å². The highest BCUT2D eigenvalue weighted by molar-refractivity contribution is 9.10. The Kier molecular flexibility index (Phi) is 4.18. The molecule has 96 valence electrons. The predicted molar refractivity (Wildman–Crippen MR) is 79.0 cm³/mol. The summed E-state index contributed by atoms with van der Waals surface area (Å²) in [4.78, 5) is 15.8. The van der Waals surface area contributed by atoms with Gasteiger partial charge in [-0.3, -0.25) is 4.57 Å². The maximum absolute atomic E-state index is 11.8. The van der Waals surface area contributed by atoms with Gasteiger partial charge in [-0.05, 0) is 41.9 Å². The number of benzene rings is 1. The van der Waals surface area contributed by atoms with Gasteiger partial charge in [-0.15, -0.1) is 0 Å². The molecule has 0 spiro atoms. The van der Waals surface area contributed by atoms with Crippen molar-refractivity contribution in [3.63, 3.8) is 0 Å². The zero-order chi connectivity index (χ0) is 13.8. The van der Waals surface area contributed by atoms with Crippen molar-refractivity contribution in [2.75, 3.05) is 0 Å². The molecule has 2 rings (SSSR count). The Morgan fingerprint density at radius 1 is 1.26 bits per heavy atom. The number of nitrogens with zero attached hydrogens (tertiary/aromatic N) is 2. The van der Waals surface area contributed by atoms with E-state index < -0.39 is 0 Å². The van der Waals surface area contributed by atoms with Crippen LogP contribution in [0.1, 0.15) is 17.0 Å². The van der Waals surface area contributed by atoms with E-state index in [1.165, 1.54) is 0 Å². The highest BCUT2D eigenvalue weighted by Gasteiger charge is 2.07. The molecule has 4 heteroatoms. The molecule has 0 fully saturated rings. The number of rotatable bonds is 1. The molecule has 2 aromatic rings. The third-order valence-corrected chi connectivity index (χ3v) is 3.93. The van der Waals surface area contributed by atoms with Crippen molar-refractivity contribution < 1.29 is 0 Å². The summed E-state index contributed by atoms with van der Waals surface area (Å²) in [5, 5.41) is 0. The predicted octanol–water partition coefficient (Wildman–Crippen LogP) is 2.67. The number of halogens is 1. The fraction of sp³-hybridized carbons (Fsp3) is 0.200. The second-order valence-electron chi connectivity index (χ2n) is 4.13. The summed E-state index contributed by atoms with van der Waals surface area (Å²) in [7, 11) is 0. The summed E-state index contributed by atoms with van der Waals surface area (Å²) in [6.45, 7) is 4.02. The summed E-state index contributed by atoms with van der Waals surface area (Å²) in [5.74, 6) is 6.03. The van der Waals surface area contributed by atoms with Crippen LogP contribution in [0, 0.1) is 25.7 Å². The highest BCUT2D eigenvalue weighted by Crippen LogP contribution is 2.16. The Hall–Kier alpha value is -1.86. The van der Waals surface area contributed by atoms with E-state index in [0.717, 1.165) is 15.7 Å². The summed E-state index contributed by atoms with van der Waals surface area (Å²) in [6.07, 6.45) is 0. The minimum atomic E-state index is -0.263. The molecule has 19 heavy (non-hydrogen) atoms. The van der Waals surface area contributed by atoms with Crippen molar-refractivity contribution in [3.05, 3.63) is 62.2 Å². The molecule has 0 amide bonds. The van der Waals surface area contributed by atoms with Crippen LogP contribution >= 0.6 is 15.9 Å². The lowest BCUT2D eigenvalue weighted by Crippen LogP contribution is -2.26. The van der Waals surface area contributed by atoms with Gasteiger partial charge >= 0.3 is 5.69 Å². The molecule has 1 aromatic heterocycles. The molecule has 1 heterocycles. The molecule has 0 aliphatic carbocycles. The Labute approximate surface area is 120 Å². The molecular weight excluding hydrogens is 304 g/mol. The fourth-order valence-corrected chi connectivity index (χ4v) is 2.01. The van der Waals surface area contributed by atoms with Crippen molar-refractivity contribution in [3.8, 4) is 11.8 Å². The zero-order valence-corrected chi connectivity index (χ0v) is 12.4. The maximum atomic E-state index is 11.8. The lowest BCUT2D eigenvalue weighted by molar-refractivity contribution is 0.713. The van der Waals surface area contributed by atoms with Gasteiger partial charge in [-0.1, -0.05) is 30.0 Å². The minimum absolute atomic E-state index is 0.263. The Bertz CT molecular complexity index is 709. The van der Waals surface area contributed by atoms with Crippen LogP contribution < -0.4 is 5.69 Å². The first kappa shape index (κ1) is 13.6. The average molecular weight is 317 g/mol. The first-order valence-electron chi connectivity index (χ1n) is 5.87. The molecule has 1 aromatic carbocycles. The Morgan fingerprint density at radius 3 is 2.63 bits per heavy atom. The van der Waals surface area contributed by atoms with Crippen LogP contribution in [-0.2, 0) is 6.54 Å². The van der Waals surface area contributed by atoms with E-state index in [0.29, 0.717) is 12.2 Å². The van der Waals surface area contributed by atoms with Crippen LogP contribution in [0.25, 0.3) is 0 Å². The molecule has 3 nitrogen and oxygen atoms in total. The van der Waals surface area contributed by atoms with Crippen molar-refractivity contribution in [1.82, 2.24) is 9.55 Å². The molecule has 0 aliphatic heterocycles. The molecule has 0 N–H and O–H groups in total. The van der Waals surface area contributed by atoms with Crippen LogP contribution in [0.15, 0.2) is 39.6 Å². The smallest absolute Gasteiger partial charge is 0.284 e. The number of hydrogen-bond acceptors (Lipinski definition) is 2. The van der Waals surface area contributed by atoms with Gasteiger partial charge in [0, 0.05) is 11.3 Å². The third-order valence-electron chi connectivity index (χ3n) is 2.78. The number of aryl methyl sites for hydroxylation is 1. The van der Waals surface area contributed by atoms with Gasteiger partial charge < -0.3 is 0 Å². The van der Waals surface area contributed by atoms with Gasteiger partial charge in [0.05, 0.1) is 16.7 Å². The topological polar surface area (TPSA) is 34.9 Å². The van der Waals surface area contributed by atoms with Crippen molar-refractivity contribution in [2.24, 2.45) is 0 Å². The normalized spacial score (nSPS) is 9.84. The molecule has 0 saturated heterocycles. The van der Waals surface area contributed by atoms with E-state index in [1.807, 2.05) is 37.3 Å². The van der Waals surface area contributed by atoms with E-state index in [2.05, 4.69) is 32.8 Å². The monoisotopic (exact) mass is 316 g/mol. The Morgan fingerprint density at radius 2 is 1.95 bits per heavy atom.